The minimum atomic E-state index is -0.393. The zero-order valence-electron chi connectivity index (χ0n) is 19.4. The summed E-state index contributed by atoms with van der Waals surface area (Å²) in [6, 6.07) is 7.05. The molecule has 0 bridgehead atoms. The molecular formula is C24H26FN7O2. The van der Waals surface area contributed by atoms with Crippen molar-refractivity contribution in [1.82, 2.24) is 29.6 Å². The van der Waals surface area contributed by atoms with Crippen molar-refractivity contribution in [1.29, 1.82) is 0 Å². The number of aromatic nitrogens is 4. The van der Waals surface area contributed by atoms with Crippen molar-refractivity contribution >= 4 is 28.1 Å². The smallest absolute Gasteiger partial charge is 0.331 e. The van der Waals surface area contributed by atoms with Gasteiger partial charge in [0, 0.05) is 46.0 Å². The molecule has 1 aromatic carbocycles. The second-order valence-corrected chi connectivity index (χ2v) is 8.65. The lowest BCUT2D eigenvalue weighted by molar-refractivity contribution is 0.0958. The molecule has 5 rings (SSSR count). The van der Waals surface area contributed by atoms with Crippen LogP contribution in [-0.4, -0.2) is 63.4 Å². The number of piperazine rings is 1. The average molecular weight is 464 g/mol. The Bertz CT molecular complexity index is 1470. The fourth-order valence-corrected chi connectivity index (χ4v) is 4.63. The van der Waals surface area contributed by atoms with Crippen molar-refractivity contribution in [3.63, 3.8) is 0 Å². The largest absolute Gasteiger partial charge is 0.368 e. The lowest BCUT2D eigenvalue weighted by atomic mass is 10.1. The molecule has 176 valence electrons. The number of hydrogen-bond acceptors (Lipinski definition) is 6. The molecule has 0 atom stereocenters. The first-order valence-electron chi connectivity index (χ1n) is 11.2. The SMILES string of the molecule is CNC(=O)c1ccc(N2CCN(Cc3cc(F)c4c(c3)[nH]c(=O)n3cc(C)nc43)CC2)c(C)n1. The molecule has 4 heterocycles. The fraction of sp³-hybridized carbons (Fsp3) is 0.333. The van der Waals surface area contributed by atoms with Crippen molar-refractivity contribution in [3.05, 3.63) is 69.4 Å². The Morgan fingerprint density at radius 2 is 1.91 bits per heavy atom. The zero-order valence-corrected chi connectivity index (χ0v) is 19.4. The summed E-state index contributed by atoms with van der Waals surface area (Å²) in [5, 5.41) is 2.92. The lowest BCUT2D eigenvalue weighted by Crippen LogP contribution is -2.46. The van der Waals surface area contributed by atoms with Gasteiger partial charge in [-0.15, -0.1) is 0 Å². The molecule has 0 saturated carbocycles. The third-order valence-corrected chi connectivity index (χ3v) is 6.30. The molecule has 34 heavy (non-hydrogen) atoms. The van der Waals surface area contributed by atoms with E-state index in [1.807, 2.05) is 19.1 Å². The number of imidazole rings is 1. The van der Waals surface area contributed by atoms with E-state index < -0.39 is 5.82 Å². The van der Waals surface area contributed by atoms with Gasteiger partial charge < -0.3 is 15.2 Å². The van der Waals surface area contributed by atoms with E-state index in [2.05, 4.69) is 30.1 Å². The van der Waals surface area contributed by atoms with Gasteiger partial charge in [0.05, 0.1) is 28.0 Å². The van der Waals surface area contributed by atoms with E-state index in [0.29, 0.717) is 34.5 Å². The highest BCUT2D eigenvalue weighted by molar-refractivity contribution is 5.93. The van der Waals surface area contributed by atoms with Crippen molar-refractivity contribution in [2.24, 2.45) is 0 Å². The number of fused-ring (bicyclic) bond motifs is 3. The predicted molar refractivity (Wildman–Crippen MR) is 128 cm³/mol. The van der Waals surface area contributed by atoms with E-state index in [1.54, 1.807) is 26.2 Å². The summed E-state index contributed by atoms with van der Waals surface area (Å²) in [5.74, 6) is -0.594. The van der Waals surface area contributed by atoms with Crippen LogP contribution in [0.3, 0.4) is 0 Å². The molecule has 10 heteroatoms. The predicted octanol–water partition coefficient (Wildman–Crippen LogP) is 2.01. The molecule has 0 unspecified atom stereocenters. The van der Waals surface area contributed by atoms with E-state index in [9.17, 15) is 9.59 Å². The number of pyridine rings is 1. The zero-order chi connectivity index (χ0) is 24.0. The van der Waals surface area contributed by atoms with Gasteiger partial charge in [-0.05, 0) is 43.7 Å². The van der Waals surface area contributed by atoms with Crippen LogP contribution in [0, 0.1) is 19.7 Å². The standard InChI is InChI=1S/C24H26FN7O2/c1-14-12-32-22(27-14)21-17(25)10-16(11-19(21)29-24(32)34)13-30-6-8-31(9-7-30)20-5-4-18(23(33)26-3)28-15(20)2/h4-5,10-12H,6-9,13H2,1-3H3,(H,26,33)(H,29,34). The van der Waals surface area contributed by atoms with Crippen LogP contribution in [0.1, 0.15) is 27.4 Å². The van der Waals surface area contributed by atoms with E-state index in [0.717, 1.165) is 43.1 Å². The third-order valence-electron chi connectivity index (χ3n) is 6.30. The van der Waals surface area contributed by atoms with Gasteiger partial charge in [0.25, 0.3) is 5.91 Å². The van der Waals surface area contributed by atoms with Crippen LogP contribution >= 0.6 is 0 Å². The number of benzene rings is 1. The van der Waals surface area contributed by atoms with Crippen LogP contribution < -0.4 is 15.9 Å². The van der Waals surface area contributed by atoms with Gasteiger partial charge in [0.15, 0.2) is 5.65 Å². The van der Waals surface area contributed by atoms with Crippen LogP contribution in [0.25, 0.3) is 16.6 Å². The molecule has 2 N–H and O–H groups in total. The number of nitrogens with zero attached hydrogens (tertiary/aromatic N) is 5. The summed E-state index contributed by atoms with van der Waals surface area (Å²) in [5.41, 5.74) is 4.15. The average Bonchev–Trinajstić information content (AvgIpc) is 3.20. The molecule has 3 aromatic heterocycles. The number of H-pyrrole nitrogens is 1. The molecule has 1 aliphatic heterocycles. The first kappa shape index (κ1) is 22.0. The number of carbonyl (C=O) groups is 1. The van der Waals surface area contributed by atoms with Crippen LogP contribution in [-0.2, 0) is 6.54 Å². The third kappa shape index (κ3) is 3.90. The van der Waals surface area contributed by atoms with E-state index in [-0.39, 0.29) is 11.6 Å². The van der Waals surface area contributed by atoms with Crippen molar-refractivity contribution in [3.8, 4) is 0 Å². The topological polar surface area (TPSA) is 98.6 Å². The quantitative estimate of drug-likeness (QED) is 0.481. The van der Waals surface area contributed by atoms with Crippen molar-refractivity contribution in [2.45, 2.75) is 20.4 Å². The number of carbonyl (C=O) groups excluding carboxylic acids is 1. The summed E-state index contributed by atoms with van der Waals surface area (Å²) >= 11 is 0. The summed E-state index contributed by atoms with van der Waals surface area (Å²) in [6.45, 7) is 7.44. The highest BCUT2D eigenvalue weighted by atomic mass is 19.1. The van der Waals surface area contributed by atoms with Crippen molar-refractivity contribution in [2.75, 3.05) is 38.1 Å². The van der Waals surface area contributed by atoms with Gasteiger partial charge in [-0.1, -0.05) is 0 Å². The fourth-order valence-electron chi connectivity index (χ4n) is 4.63. The number of hydrogen-bond donors (Lipinski definition) is 2. The van der Waals surface area contributed by atoms with Gasteiger partial charge >= 0.3 is 5.69 Å². The molecule has 0 spiro atoms. The Balaban J connectivity index is 1.32. The van der Waals surface area contributed by atoms with Crippen LogP contribution in [0.4, 0.5) is 10.1 Å². The Hall–Kier alpha value is -3.79. The number of amides is 1. The maximum Gasteiger partial charge on any atom is 0.331 e. The molecule has 1 saturated heterocycles. The maximum atomic E-state index is 15.1. The summed E-state index contributed by atoms with van der Waals surface area (Å²) in [4.78, 5) is 40.3. The van der Waals surface area contributed by atoms with E-state index in [4.69, 9.17) is 0 Å². The van der Waals surface area contributed by atoms with Gasteiger partial charge in [0.2, 0.25) is 0 Å². The van der Waals surface area contributed by atoms with Crippen LogP contribution in [0.5, 0.6) is 0 Å². The highest BCUT2D eigenvalue weighted by Gasteiger charge is 2.21. The summed E-state index contributed by atoms with van der Waals surface area (Å²) in [6.07, 6.45) is 1.60. The van der Waals surface area contributed by atoms with E-state index in [1.165, 1.54) is 10.5 Å². The molecule has 1 fully saturated rings. The Morgan fingerprint density at radius 1 is 1.15 bits per heavy atom. The summed E-state index contributed by atoms with van der Waals surface area (Å²) in [7, 11) is 1.59. The van der Waals surface area contributed by atoms with Gasteiger partial charge in [-0.2, -0.15) is 0 Å². The number of halogens is 1. The van der Waals surface area contributed by atoms with Crippen molar-refractivity contribution < 1.29 is 9.18 Å². The maximum absolute atomic E-state index is 15.1. The van der Waals surface area contributed by atoms with E-state index >= 15 is 4.39 Å². The Labute approximate surface area is 195 Å². The second-order valence-electron chi connectivity index (χ2n) is 8.65. The van der Waals surface area contributed by atoms with Crippen LogP contribution in [0.2, 0.25) is 0 Å². The van der Waals surface area contributed by atoms with Gasteiger partial charge in [-0.3, -0.25) is 14.1 Å². The first-order chi connectivity index (χ1) is 16.3. The lowest BCUT2D eigenvalue weighted by Gasteiger charge is -2.36. The molecule has 4 aromatic rings. The Morgan fingerprint density at radius 3 is 2.62 bits per heavy atom. The Kier molecular flexibility index (Phi) is 5.52. The number of nitrogens with one attached hydrogen (secondary N) is 2. The second kappa shape index (κ2) is 8.53. The monoisotopic (exact) mass is 463 g/mol. The molecule has 1 amide bonds. The highest BCUT2D eigenvalue weighted by Crippen LogP contribution is 2.24. The number of aromatic amines is 1. The minimum Gasteiger partial charge on any atom is -0.368 e. The van der Waals surface area contributed by atoms with Gasteiger partial charge in [-0.25, -0.2) is 19.2 Å². The molecule has 0 radical (unpaired) electrons. The normalized spacial score (nSPS) is 14.8. The summed E-state index contributed by atoms with van der Waals surface area (Å²) < 4.78 is 16.4. The minimum absolute atomic E-state index is 0.202. The number of rotatable bonds is 4. The van der Waals surface area contributed by atoms with Crippen LogP contribution in [0.15, 0.2) is 35.3 Å². The number of aryl methyl sites for hydroxylation is 2. The molecule has 1 aliphatic rings. The molecule has 0 aliphatic carbocycles. The first-order valence-corrected chi connectivity index (χ1v) is 11.2. The number of anilines is 1. The molecule has 9 nitrogen and oxygen atoms in total. The molecular weight excluding hydrogens is 437 g/mol. The van der Waals surface area contributed by atoms with Gasteiger partial charge in [0.1, 0.15) is 11.5 Å².